The highest BCUT2D eigenvalue weighted by Gasteiger charge is 2.42. The van der Waals surface area contributed by atoms with Crippen molar-refractivity contribution in [3.63, 3.8) is 0 Å². The summed E-state index contributed by atoms with van der Waals surface area (Å²) in [4.78, 5) is 20.6. The van der Waals surface area contributed by atoms with Crippen LogP contribution in [-0.2, 0) is 16.1 Å². The zero-order valence-corrected chi connectivity index (χ0v) is 15.0. The van der Waals surface area contributed by atoms with Gasteiger partial charge in [-0.3, -0.25) is 9.78 Å². The van der Waals surface area contributed by atoms with Crippen molar-refractivity contribution in [2.75, 3.05) is 31.1 Å². The van der Waals surface area contributed by atoms with Crippen LogP contribution >= 0.6 is 0 Å². The van der Waals surface area contributed by atoms with Crippen molar-refractivity contribution in [1.29, 1.82) is 0 Å². The summed E-state index contributed by atoms with van der Waals surface area (Å²) in [6.45, 7) is 5.02. The number of aryl methyl sites for hydroxylation is 1. The lowest BCUT2D eigenvalue weighted by Gasteiger charge is -2.47. The van der Waals surface area contributed by atoms with Crippen LogP contribution in [0.3, 0.4) is 0 Å². The summed E-state index contributed by atoms with van der Waals surface area (Å²) in [7, 11) is 0. The molecule has 4 heterocycles. The molecule has 1 amide bonds. The fourth-order valence-electron chi connectivity index (χ4n) is 3.65. The molecule has 7 nitrogen and oxygen atoms in total. The molecule has 0 bridgehead atoms. The number of rotatable bonds is 3. The Balaban J connectivity index is 1.41. The number of hydrogen-bond acceptors (Lipinski definition) is 6. The summed E-state index contributed by atoms with van der Waals surface area (Å²) in [6.07, 6.45) is 5.31. The standard InChI is InChI=1S/C19H23N5O2/c1-15-4-5-17(22-21-15)23-9-6-19(7-10-23)14-24(18(25)13-26-19)12-16-3-2-8-20-11-16/h2-5,8,11H,6-7,9-10,12-14H2,1H3. The van der Waals surface area contributed by atoms with Gasteiger partial charge in [0.15, 0.2) is 5.82 Å². The van der Waals surface area contributed by atoms with E-state index in [9.17, 15) is 4.79 Å². The van der Waals surface area contributed by atoms with E-state index in [0.717, 1.165) is 43.0 Å². The first-order valence-electron chi connectivity index (χ1n) is 9.00. The van der Waals surface area contributed by atoms with Gasteiger partial charge in [0.05, 0.1) is 17.8 Å². The number of anilines is 1. The molecule has 7 heteroatoms. The van der Waals surface area contributed by atoms with Crippen LogP contribution in [0.5, 0.6) is 0 Å². The van der Waals surface area contributed by atoms with Crippen LogP contribution in [0, 0.1) is 6.92 Å². The monoisotopic (exact) mass is 353 g/mol. The van der Waals surface area contributed by atoms with Crippen LogP contribution in [0.1, 0.15) is 24.1 Å². The molecule has 0 N–H and O–H groups in total. The minimum Gasteiger partial charge on any atom is -0.363 e. The number of carbonyl (C=O) groups excluding carboxylic acids is 1. The molecule has 26 heavy (non-hydrogen) atoms. The van der Waals surface area contributed by atoms with Gasteiger partial charge in [-0.2, -0.15) is 5.10 Å². The molecule has 0 unspecified atom stereocenters. The first kappa shape index (κ1) is 16.9. The Morgan fingerprint density at radius 3 is 2.73 bits per heavy atom. The van der Waals surface area contributed by atoms with Crippen molar-refractivity contribution in [1.82, 2.24) is 20.1 Å². The van der Waals surface area contributed by atoms with Crippen LogP contribution in [0.15, 0.2) is 36.7 Å². The Bertz CT molecular complexity index is 757. The van der Waals surface area contributed by atoms with Crippen LogP contribution in [0.2, 0.25) is 0 Å². The van der Waals surface area contributed by atoms with Crippen molar-refractivity contribution in [2.24, 2.45) is 0 Å². The highest BCUT2D eigenvalue weighted by atomic mass is 16.5. The fourth-order valence-corrected chi connectivity index (χ4v) is 3.65. The average Bonchev–Trinajstić information content (AvgIpc) is 2.67. The van der Waals surface area contributed by atoms with E-state index in [4.69, 9.17) is 4.74 Å². The maximum absolute atomic E-state index is 12.3. The molecule has 2 saturated heterocycles. The van der Waals surface area contributed by atoms with Gasteiger partial charge < -0.3 is 14.5 Å². The van der Waals surface area contributed by atoms with Gasteiger partial charge in [-0.25, -0.2) is 0 Å². The van der Waals surface area contributed by atoms with E-state index in [2.05, 4.69) is 20.1 Å². The van der Waals surface area contributed by atoms with Crippen molar-refractivity contribution in [3.8, 4) is 0 Å². The van der Waals surface area contributed by atoms with Crippen LogP contribution in [-0.4, -0.2) is 57.8 Å². The molecule has 2 fully saturated rings. The second-order valence-corrected chi connectivity index (χ2v) is 7.10. The molecular weight excluding hydrogens is 330 g/mol. The molecule has 136 valence electrons. The Morgan fingerprint density at radius 2 is 2.04 bits per heavy atom. The Labute approximate surface area is 153 Å². The summed E-state index contributed by atoms with van der Waals surface area (Å²) >= 11 is 0. The number of carbonyl (C=O) groups is 1. The molecule has 0 aliphatic carbocycles. The van der Waals surface area contributed by atoms with Crippen molar-refractivity contribution >= 4 is 11.7 Å². The smallest absolute Gasteiger partial charge is 0.248 e. The van der Waals surface area contributed by atoms with Gasteiger partial charge in [-0.1, -0.05) is 6.07 Å². The maximum atomic E-state index is 12.3. The summed E-state index contributed by atoms with van der Waals surface area (Å²) in [5.74, 6) is 0.955. The van der Waals surface area contributed by atoms with Crippen LogP contribution in [0.25, 0.3) is 0 Å². The summed E-state index contributed by atoms with van der Waals surface area (Å²) in [6, 6.07) is 7.90. The fraction of sp³-hybridized carbons (Fsp3) is 0.474. The summed E-state index contributed by atoms with van der Waals surface area (Å²) in [5, 5.41) is 8.43. The van der Waals surface area contributed by atoms with Gasteiger partial charge in [-0.05, 0) is 43.5 Å². The van der Waals surface area contributed by atoms with E-state index in [1.165, 1.54) is 0 Å². The van der Waals surface area contributed by atoms with Crippen LogP contribution < -0.4 is 4.90 Å². The Morgan fingerprint density at radius 1 is 1.19 bits per heavy atom. The van der Waals surface area contributed by atoms with E-state index in [-0.39, 0.29) is 18.1 Å². The number of aromatic nitrogens is 3. The first-order valence-corrected chi connectivity index (χ1v) is 9.00. The number of morpholine rings is 1. The number of amides is 1. The zero-order valence-electron chi connectivity index (χ0n) is 15.0. The molecule has 1 spiro atoms. The van der Waals surface area contributed by atoms with Gasteiger partial charge in [0.1, 0.15) is 6.61 Å². The second-order valence-electron chi connectivity index (χ2n) is 7.10. The highest BCUT2D eigenvalue weighted by molar-refractivity contribution is 5.78. The number of ether oxygens (including phenoxy) is 1. The van der Waals surface area contributed by atoms with Gasteiger partial charge in [0.25, 0.3) is 0 Å². The Hall–Kier alpha value is -2.54. The lowest BCUT2D eigenvalue weighted by atomic mass is 9.89. The topological polar surface area (TPSA) is 71.5 Å². The van der Waals surface area contributed by atoms with Gasteiger partial charge in [0, 0.05) is 32.0 Å². The van der Waals surface area contributed by atoms with E-state index in [0.29, 0.717) is 13.1 Å². The third kappa shape index (κ3) is 3.53. The number of pyridine rings is 1. The number of nitrogens with zero attached hydrogens (tertiary/aromatic N) is 5. The van der Waals surface area contributed by atoms with E-state index in [1.807, 2.05) is 42.3 Å². The maximum Gasteiger partial charge on any atom is 0.248 e. The lowest BCUT2D eigenvalue weighted by Crippen LogP contribution is -2.58. The van der Waals surface area contributed by atoms with Gasteiger partial charge in [0.2, 0.25) is 5.91 Å². The minimum atomic E-state index is -0.259. The summed E-state index contributed by atoms with van der Waals surface area (Å²) in [5.41, 5.74) is 1.71. The SMILES string of the molecule is Cc1ccc(N2CCC3(CC2)CN(Cc2cccnc2)C(=O)CO3)nn1. The molecule has 0 radical (unpaired) electrons. The van der Waals surface area contributed by atoms with E-state index >= 15 is 0 Å². The Kier molecular flexibility index (Phi) is 4.55. The number of hydrogen-bond donors (Lipinski definition) is 0. The molecule has 2 aromatic heterocycles. The lowest BCUT2D eigenvalue weighted by molar-refractivity contribution is -0.168. The number of piperidine rings is 1. The van der Waals surface area contributed by atoms with Crippen molar-refractivity contribution in [2.45, 2.75) is 31.9 Å². The molecule has 2 aliphatic rings. The molecule has 0 aromatic carbocycles. The zero-order chi connectivity index (χ0) is 18.0. The molecular formula is C19H23N5O2. The minimum absolute atomic E-state index is 0.0475. The average molecular weight is 353 g/mol. The largest absolute Gasteiger partial charge is 0.363 e. The predicted molar refractivity (Wildman–Crippen MR) is 96.6 cm³/mol. The second kappa shape index (κ2) is 6.99. The quantitative estimate of drug-likeness (QED) is 0.834. The third-order valence-electron chi connectivity index (χ3n) is 5.21. The molecule has 4 rings (SSSR count). The van der Waals surface area contributed by atoms with Gasteiger partial charge >= 0.3 is 0 Å². The normalized spacial score (nSPS) is 19.8. The van der Waals surface area contributed by atoms with E-state index in [1.54, 1.807) is 6.20 Å². The highest BCUT2D eigenvalue weighted by Crippen LogP contribution is 2.32. The van der Waals surface area contributed by atoms with Crippen LogP contribution in [0.4, 0.5) is 5.82 Å². The molecule has 0 saturated carbocycles. The van der Waals surface area contributed by atoms with Gasteiger partial charge in [-0.15, -0.1) is 5.10 Å². The van der Waals surface area contributed by atoms with Crippen molar-refractivity contribution in [3.05, 3.63) is 47.9 Å². The third-order valence-corrected chi connectivity index (χ3v) is 5.21. The molecule has 2 aromatic rings. The summed E-state index contributed by atoms with van der Waals surface area (Å²) < 4.78 is 6.02. The van der Waals surface area contributed by atoms with Crippen molar-refractivity contribution < 1.29 is 9.53 Å². The van der Waals surface area contributed by atoms with E-state index < -0.39 is 0 Å². The molecule has 2 aliphatic heterocycles. The first-order chi connectivity index (χ1) is 12.6. The molecule has 0 atom stereocenters. The predicted octanol–water partition coefficient (Wildman–Crippen LogP) is 1.58.